The number of rotatable bonds is 2. The zero-order valence-corrected chi connectivity index (χ0v) is 11.0. The van der Waals surface area contributed by atoms with Gasteiger partial charge in [-0.1, -0.05) is 23.2 Å². The zero-order chi connectivity index (χ0) is 12.8. The molecular formula is C7H4Cl2N2O4S2. The van der Waals surface area contributed by atoms with Crippen LogP contribution in [0.4, 0.5) is 0 Å². The maximum Gasteiger partial charge on any atom is 0.342 e. The quantitative estimate of drug-likeness (QED) is 0.878. The summed E-state index contributed by atoms with van der Waals surface area (Å²) in [6.45, 7) is 0. The Morgan fingerprint density at radius 2 is 2.06 bits per heavy atom. The molecule has 0 fully saturated rings. The third-order valence-electron chi connectivity index (χ3n) is 1.84. The highest BCUT2D eigenvalue weighted by Gasteiger charge is 2.25. The van der Waals surface area contributed by atoms with Crippen LogP contribution in [0, 0.1) is 0 Å². The summed E-state index contributed by atoms with van der Waals surface area (Å²) in [6, 6.07) is 1.14. The lowest BCUT2D eigenvalue weighted by Crippen LogP contribution is -2.24. The Morgan fingerprint density at radius 3 is 2.47 bits per heavy atom. The topological polar surface area (TPSA) is 92.2 Å². The predicted molar refractivity (Wildman–Crippen MR) is 63.6 cm³/mol. The van der Waals surface area contributed by atoms with Crippen LogP contribution in [0.3, 0.4) is 0 Å². The van der Waals surface area contributed by atoms with Crippen LogP contribution in [0.1, 0.15) is 0 Å². The third-order valence-corrected chi connectivity index (χ3v) is 5.23. The lowest BCUT2D eigenvalue weighted by molar-refractivity contribution is 0.455. The summed E-state index contributed by atoms with van der Waals surface area (Å²) in [5, 5.41) is 9.02. The monoisotopic (exact) mass is 314 g/mol. The van der Waals surface area contributed by atoms with Crippen LogP contribution in [-0.4, -0.2) is 22.5 Å². The Hall–Kier alpha value is -0.960. The van der Waals surface area contributed by atoms with Gasteiger partial charge in [-0.15, -0.1) is 11.3 Å². The number of H-pyrrole nitrogens is 1. The molecule has 92 valence electrons. The highest BCUT2D eigenvalue weighted by atomic mass is 35.5. The van der Waals surface area contributed by atoms with Gasteiger partial charge in [-0.25, -0.2) is 13.2 Å². The SMILES string of the molecule is O=c1[nH]c(O)cn1S(=O)(=O)c1cc(Cl)sc1Cl. The van der Waals surface area contributed by atoms with Crippen molar-refractivity contribution in [2.45, 2.75) is 4.90 Å². The number of imidazole rings is 1. The van der Waals surface area contributed by atoms with Crippen molar-refractivity contribution in [1.82, 2.24) is 8.96 Å². The lowest BCUT2D eigenvalue weighted by atomic mass is 10.7. The van der Waals surface area contributed by atoms with Gasteiger partial charge in [0.15, 0.2) is 0 Å². The van der Waals surface area contributed by atoms with E-state index < -0.39 is 21.6 Å². The first-order valence-corrected chi connectivity index (χ1v) is 7.04. The number of aromatic amines is 1. The molecule has 0 spiro atoms. The van der Waals surface area contributed by atoms with Crippen LogP contribution < -0.4 is 5.69 Å². The average molecular weight is 315 g/mol. The Labute approximate surface area is 109 Å². The van der Waals surface area contributed by atoms with E-state index in [1.54, 1.807) is 0 Å². The Bertz CT molecular complexity index is 727. The molecule has 0 radical (unpaired) electrons. The number of halogens is 2. The van der Waals surface area contributed by atoms with Gasteiger partial charge in [-0.05, 0) is 6.07 Å². The molecule has 0 saturated heterocycles. The molecule has 0 aliphatic carbocycles. The van der Waals surface area contributed by atoms with E-state index in [2.05, 4.69) is 0 Å². The molecule has 0 aromatic carbocycles. The first-order valence-electron chi connectivity index (χ1n) is 4.03. The Kier molecular flexibility index (Phi) is 2.98. The second-order valence-corrected chi connectivity index (χ2v) is 7.00. The predicted octanol–water partition coefficient (Wildman–Crippen LogP) is 1.49. The summed E-state index contributed by atoms with van der Waals surface area (Å²) >= 11 is 12.2. The van der Waals surface area contributed by atoms with Gasteiger partial charge in [0.2, 0.25) is 5.88 Å². The molecule has 2 aromatic heterocycles. The minimum atomic E-state index is -4.15. The largest absolute Gasteiger partial charge is 0.493 e. The fourth-order valence-electron chi connectivity index (χ4n) is 1.15. The fourth-order valence-corrected chi connectivity index (χ4v) is 4.48. The molecule has 2 aromatic rings. The number of aromatic hydroxyl groups is 1. The fraction of sp³-hybridized carbons (Fsp3) is 0. The van der Waals surface area contributed by atoms with Crippen LogP contribution in [-0.2, 0) is 10.0 Å². The Balaban J connectivity index is 2.70. The number of nitrogens with one attached hydrogen (secondary N) is 1. The van der Waals surface area contributed by atoms with Crippen LogP contribution in [0.25, 0.3) is 0 Å². The summed E-state index contributed by atoms with van der Waals surface area (Å²) in [4.78, 5) is 12.9. The van der Waals surface area contributed by atoms with Crippen molar-refractivity contribution in [2.24, 2.45) is 0 Å². The first-order chi connectivity index (χ1) is 7.82. The van der Waals surface area contributed by atoms with Gasteiger partial charge < -0.3 is 5.11 Å². The molecule has 2 N–H and O–H groups in total. The van der Waals surface area contributed by atoms with Crippen LogP contribution >= 0.6 is 34.5 Å². The number of hydrogen-bond acceptors (Lipinski definition) is 5. The standard InChI is InChI=1S/C7H4Cl2N2O4S2/c8-4-1-3(6(9)16-4)17(14,15)11-2-5(12)10-7(11)13/h1-2,12H,(H,10,13). The van der Waals surface area contributed by atoms with Crippen molar-refractivity contribution in [1.29, 1.82) is 0 Å². The van der Waals surface area contributed by atoms with Gasteiger partial charge in [0.25, 0.3) is 10.0 Å². The molecule has 0 saturated carbocycles. The maximum absolute atomic E-state index is 12.0. The van der Waals surface area contributed by atoms with Gasteiger partial charge in [0, 0.05) is 0 Å². The van der Waals surface area contributed by atoms with Crippen molar-refractivity contribution in [2.75, 3.05) is 0 Å². The van der Waals surface area contributed by atoms with Gasteiger partial charge in [0.05, 0.1) is 10.5 Å². The maximum atomic E-state index is 12.0. The molecule has 0 unspecified atom stereocenters. The zero-order valence-electron chi connectivity index (χ0n) is 7.85. The highest BCUT2D eigenvalue weighted by molar-refractivity contribution is 7.90. The summed E-state index contributed by atoms with van der Waals surface area (Å²) in [5.41, 5.74) is -0.985. The summed E-state index contributed by atoms with van der Waals surface area (Å²) in [6.07, 6.45) is 0.750. The molecule has 2 heterocycles. The second kappa shape index (κ2) is 4.05. The minimum Gasteiger partial charge on any atom is -0.493 e. The molecule has 0 amide bonds. The van der Waals surface area contributed by atoms with E-state index in [1.807, 2.05) is 4.98 Å². The molecule has 0 aliphatic heterocycles. The number of thiophene rings is 1. The van der Waals surface area contributed by atoms with Crippen molar-refractivity contribution >= 4 is 44.6 Å². The van der Waals surface area contributed by atoms with Gasteiger partial charge in [-0.2, -0.15) is 3.97 Å². The van der Waals surface area contributed by atoms with E-state index in [4.69, 9.17) is 28.3 Å². The van der Waals surface area contributed by atoms with Gasteiger partial charge in [-0.3, -0.25) is 4.98 Å². The third kappa shape index (κ3) is 2.08. The number of aromatic nitrogens is 2. The number of hydrogen-bond donors (Lipinski definition) is 2. The van der Waals surface area contributed by atoms with Gasteiger partial charge in [0.1, 0.15) is 9.23 Å². The van der Waals surface area contributed by atoms with Crippen LogP contribution in [0.5, 0.6) is 5.88 Å². The minimum absolute atomic E-state index is 0.0532. The highest BCUT2D eigenvalue weighted by Crippen LogP contribution is 2.34. The van der Waals surface area contributed by atoms with E-state index in [1.165, 1.54) is 0 Å². The van der Waals surface area contributed by atoms with E-state index in [0.29, 0.717) is 3.97 Å². The van der Waals surface area contributed by atoms with Crippen molar-refractivity contribution in [3.63, 3.8) is 0 Å². The van der Waals surface area contributed by atoms with Gasteiger partial charge >= 0.3 is 5.69 Å². The Morgan fingerprint density at radius 1 is 1.41 bits per heavy atom. The molecule has 0 bridgehead atoms. The molecule has 0 atom stereocenters. The van der Waals surface area contributed by atoms with Crippen molar-refractivity contribution < 1.29 is 13.5 Å². The van der Waals surface area contributed by atoms with E-state index in [9.17, 15) is 13.2 Å². The van der Waals surface area contributed by atoms with Crippen LogP contribution in [0.15, 0.2) is 22.0 Å². The summed E-state index contributed by atoms with van der Waals surface area (Å²) < 4.78 is 24.5. The van der Waals surface area contributed by atoms with Crippen LogP contribution in [0.2, 0.25) is 8.67 Å². The van der Waals surface area contributed by atoms with Crippen molar-refractivity contribution in [3.8, 4) is 5.88 Å². The van der Waals surface area contributed by atoms with E-state index >= 15 is 0 Å². The van der Waals surface area contributed by atoms with Crippen molar-refractivity contribution in [3.05, 3.63) is 31.4 Å². The molecular weight excluding hydrogens is 311 g/mol. The molecule has 6 nitrogen and oxygen atoms in total. The molecule has 2 rings (SSSR count). The lowest BCUT2D eigenvalue weighted by Gasteiger charge is -2.01. The summed E-state index contributed by atoms with van der Waals surface area (Å²) in [5.74, 6) is -0.559. The molecule has 17 heavy (non-hydrogen) atoms. The van der Waals surface area contributed by atoms with E-state index in [-0.39, 0.29) is 13.6 Å². The average Bonchev–Trinajstić information content (AvgIpc) is 2.70. The normalized spacial score (nSPS) is 11.9. The molecule has 0 aliphatic rings. The molecule has 10 heteroatoms. The van der Waals surface area contributed by atoms with E-state index in [0.717, 1.165) is 23.6 Å². The second-order valence-electron chi connectivity index (χ2n) is 2.93. The first kappa shape index (κ1) is 12.5. The summed E-state index contributed by atoms with van der Waals surface area (Å²) in [7, 11) is -4.15. The smallest absolute Gasteiger partial charge is 0.342 e. The number of nitrogens with zero attached hydrogens (tertiary/aromatic N) is 1.